The fraction of sp³-hybridized carbons (Fsp3) is 0.583. The Morgan fingerprint density at radius 2 is 2.22 bits per heavy atom. The monoisotopic (exact) mass is 266 g/mol. The van der Waals surface area contributed by atoms with Gasteiger partial charge < -0.3 is 15.8 Å². The SMILES string of the molecule is Cc1cc(C(N)=S)nc(NCC2CCOCC2)n1. The second kappa shape index (κ2) is 6.06. The van der Waals surface area contributed by atoms with Crippen LogP contribution in [0.2, 0.25) is 0 Å². The second-order valence-electron chi connectivity index (χ2n) is 4.52. The van der Waals surface area contributed by atoms with Crippen molar-refractivity contribution in [1.29, 1.82) is 0 Å². The maximum absolute atomic E-state index is 5.59. The van der Waals surface area contributed by atoms with Gasteiger partial charge in [-0.15, -0.1) is 0 Å². The van der Waals surface area contributed by atoms with Gasteiger partial charge in [0.2, 0.25) is 5.95 Å². The maximum atomic E-state index is 5.59. The highest BCUT2D eigenvalue weighted by Crippen LogP contribution is 2.15. The number of nitrogens with zero attached hydrogens (tertiary/aromatic N) is 2. The molecule has 0 aliphatic carbocycles. The van der Waals surface area contributed by atoms with Crippen LogP contribution in [0.15, 0.2) is 6.07 Å². The lowest BCUT2D eigenvalue weighted by molar-refractivity contribution is 0.0699. The zero-order valence-corrected chi connectivity index (χ0v) is 11.3. The Labute approximate surface area is 112 Å². The summed E-state index contributed by atoms with van der Waals surface area (Å²) in [6.45, 7) is 4.46. The summed E-state index contributed by atoms with van der Waals surface area (Å²) in [5, 5.41) is 3.26. The Kier molecular flexibility index (Phi) is 4.43. The Morgan fingerprint density at radius 1 is 1.50 bits per heavy atom. The number of hydrogen-bond acceptors (Lipinski definition) is 5. The topological polar surface area (TPSA) is 73.1 Å². The molecule has 0 aromatic carbocycles. The maximum Gasteiger partial charge on any atom is 0.223 e. The molecule has 1 aliphatic heterocycles. The van der Waals surface area contributed by atoms with E-state index in [4.69, 9.17) is 22.7 Å². The van der Waals surface area contributed by atoms with E-state index in [2.05, 4.69) is 15.3 Å². The highest BCUT2D eigenvalue weighted by molar-refractivity contribution is 7.80. The fourth-order valence-electron chi connectivity index (χ4n) is 1.96. The van der Waals surface area contributed by atoms with Crippen LogP contribution in [0.5, 0.6) is 0 Å². The van der Waals surface area contributed by atoms with E-state index < -0.39 is 0 Å². The van der Waals surface area contributed by atoms with E-state index in [1.54, 1.807) is 6.07 Å². The van der Waals surface area contributed by atoms with Gasteiger partial charge in [-0.2, -0.15) is 0 Å². The van der Waals surface area contributed by atoms with Crippen LogP contribution in [0.4, 0.5) is 5.95 Å². The fourth-order valence-corrected chi connectivity index (χ4v) is 2.06. The van der Waals surface area contributed by atoms with Crippen LogP contribution in [0.3, 0.4) is 0 Å². The van der Waals surface area contributed by atoms with Gasteiger partial charge in [0.1, 0.15) is 10.7 Å². The minimum atomic E-state index is 0.301. The number of hydrogen-bond donors (Lipinski definition) is 2. The molecule has 1 aliphatic rings. The molecule has 0 spiro atoms. The van der Waals surface area contributed by atoms with E-state index in [1.807, 2.05) is 6.92 Å². The van der Waals surface area contributed by atoms with Crippen molar-refractivity contribution in [1.82, 2.24) is 9.97 Å². The van der Waals surface area contributed by atoms with Crippen molar-refractivity contribution in [3.05, 3.63) is 17.5 Å². The largest absolute Gasteiger partial charge is 0.388 e. The smallest absolute Gasteiger partial charge is 0.223 e. The lowest BCUT2D eigenvalue weighted by Crippen LogP contribution is -2.24. The molecule has 18 heavy (non-hydrogen) atoms. The van der Waals surface area contributed by atoms with Crippen molar-refractivity contribution in [2.75, 3.05) is 25.1 Å². The zero-order valence-electron chi connectivity index (χ0n) is 10.5. The minimum absolute atomic E-state index is 0.301. The van der Waals surface area contributed by atoms with E-state index >= 15 is 0 Å². The average molecular weight is 266 g/mol. The normalized spacial score (nSPS) is 16.5. The summed E-state index contributed by atoms with van der Waals surface area (Å²) in [5.41, 5.74) is 7.07. The first-order valence-corrected chi connectivity index (χ1v) is 6.53. The second-order valence-corrected chi connectivity index (χ2v) is 4.96. The summed E-state index contributed by atoms with van der Waals surface area (Å²) in [5.74, 6) is 1.22. The molecule has 0 unspecified atom stereocenters. The van der Waals surface area contributed by atoms with Crippen LogP contribution in [-0.2, 0) is 4.74 Å². The van der Waals surface area contributed by atoms with E-state index in [0.717, 1.165) is 38.3 Å². The highest BCUT2D eigenvalue weighted by atomic mass is 32.1. The number of rotatable bonds is 4. The number of aromatic nitrogens is 2. The molecule has 6 heteroatoms. The molecule has 1 saturated heterocycles. The molecule has 2 heterocycles. The number of thiocarbonyl (C=S) groups is 1. The standard InChI is InChI=1S/C12H18N4OS/c1-8-6-10(11(13)18)16-12(15-8)14-7-9-2-4-17-5-3-9/h6,9H,2-5,7H2,1H3,(H2,13,18)(H,14,15,16). The van der Waals surface area contributed by atoms with Gasteiger partial charge in [-0.1, -0.05) is 12.2 Å². The number of ether oxygens (including phenoxy) is 1. The third-order valence-corrected chi connectivity index (χ3v) is 3.21. The van der Waals surface area contributed by atoms with Crippen LogP contribution >= 0.6 is 12.2 Å². The summed E-state index contributed by atoms with van der Waals surface area (Å²) in [7, 11) is 0. The molecular weight excluding hydrogens is 248 g/mol. The number of nitrogens with one attached hydrogen (secondary N) is 1. The number of aryl methyl sites for hydroxylation is 1. The van der Waals surface area contributed by atoms with Gasteiger partial charge in [-0.05, 0) is 31.7 Å². The summed E-state index contributed by atoms with van der Waals surface area (Å²) in [6, 6.07) is 1.79. The van der Waals surface area contributed by atoms with Gasteiger partial charge in [-0.25, -0.2) is 9.97 Å². The molecule has 1 aromatic heterocycles. The summed E-state index contributed by atoms with van der Waals surface area (Å²) in [4.78, 5) is 8.93. The van der Waals surface area contributed by atoms with Crippen molar-refractivity contribution in [2.24, 2.45) is 11.7 Å². The Balaban J connectivity index is 1.97. The van der Waals surface area contributed by atoms with Gasteiger partial charge in [-0.3, -0.25) is 0 Å². The molecule has 98 valence electrons. The molecule has 3 N–H and O–H groups in total. The van der Waals surface area contributed by atoms with Gasteiger partial charge in [0.15, 0.2) is 0 Å². The average Bonchev–Trinajstić information content (AvgIpc) is 2.37. The summed E-state index contributed by atoms with van der Waals surface area (Å²) < 4.78 is 5.33. The van der Waals surface area contributed by atoms with E-state index in [1.165, 1.54) is 0 Å². The summed E-state index contributed by atoms with van der Waals surface area (Å²) >= 11 is 4.93. The molecule has 0 radical (unpaired) electrons. The third-order valence-electron chi connectivity index (χ3n) is 3.00. The van der Waals surface area contributed by atoms with Crippen molar-refractivity contribution in [3.8, 4) is 0 Å². The molecule has 0 amide bonds. The predicted octanol–water partition coefficient (Wildman–Crippen LogP) is 1.26. The first-order valence-electron chi connectivity index (χ1n) is 6.12. The number of anilines is 1. The van der Waals surface area contributed by atoms with Gasteiger partial charge >= 0.3 is 0 Å². The van der Waals surface area contributed by atoms with Crippen LogP contribution in [0, 0.1) is 12.8 Å². The molecule has 5 nitrogen and oxygen atoms in total. The first kappa shape index (κ1) is 13.2. The van der Waals surface area contributed by atoms with E-state index in [9.17, 15) is 0 Å². The summed E-state index contributed by atoms with van der Waals surface area (Å²) in [6.07, 6.45) is 2.17. The Bertz CT molecular complexity index is 432. The van der Waals surface area contributed by atoms with Crippen molar-refractivity contribution in [3.63, 3.8) is 0 Å². The third kappa shape index (κ3) is 3.61. The quantitative estimate of drug-likeness (QED) is 0.799. The van der Waals surface area contributed by atoms with Crippen LogP contribution in [-0.4, -0.2) is 34.7 Å². The molecule has 1 fully saturated rings. The highest BCUT2D eigenvalue weighted by Gasteiger charge is 2.14. The van der Waals surface area contributed by atoms with Gasteiger partial charge in [0, 0.05) is 25.5 Å². The van der Waals surface area contributed by atoms with Crippen molar-refractivity contribution >= 4 is 23.2 Å². The number of nitrogens with two attached hydrogens (primary N) is 1. The van der Waals surface area contributed by atoms with Crippen molar-refractivity contribution < 1.29 is 4.74 Å². The van der Waals surface area contributed by atoms with Crippen LogP contribution in [0.25, 0.3) is 0 Å². The lowest BCUT2D eigenvalue weighted by atomic mass is 10.0. The van der Waals surface area contributed by atoms with Gasteiger partial charge in [0.05, 0.1) is 0 Å². The minimum Gasteiger partial charge on any atom is -0.388 e. The predicted molar refractivity (Wildman–Crippen MR) is 74.7 cm³/mol. The molecular formula is C12H18N4OS. The van der Waals surface area contributed by atoms with E-state index in [-0.39, 0.29) is 0 Å². The van der Waals surface area contributed by atoms with Gasteiger partial charge in [0.25, 0.3) is 0 Å². The molecule has 0 saturated carbocycles. The first-order chi connectivity index (χ1) is 8.65. The Hall–Kier alpha value is -1.27. The van der Waals surface area contributed by atoms with Crippen molar-refractivity contribution in [2.45, 2.75) is 19.8 Å². The molecule has 2 rings (SSSR count). The Morgan fingerprint density at radius 3 is 2.89 bits per heavy atom. The van der Waals surface area contributed by atoms with Crippen LogP contribution < -0.4 is 11.1 Å². The molecule has 0 atom stereocenters. The zero-order chi connectivity index (χ0) is 13.0. The lowest BCUT2D eigenvalue weighted by Gasteiger charge is -2.22. The molecule has 1 aromatic rings. The van der Waals surface area contributed by atoms with E-state index in [0.29, 0.717) is 22.5 Å². The molecule has 0 bridgehead atoms. The van der Waals surface area contributed by atoms with Crippen LogP contribution in [0.1, 0.15) is 24.2 Å².